The van der Waals surface area contributed by atoms with Gasteiger partial charge in [0, 0.05) is 40.3 Å². The zero-order valence-electron chi connectivity index (χ0n) is 23.5. The Hall–Kier alpha value is -2.50. The van der Waals surface area contributed by atoms with Crippen molar-refractivity contribution in [3.05, 3.63) is 70.8 Å². The minimum Gasteiger partial charge on any atom is -0.134 e. The van der Waals surface area contributed by atoms with E-state index in [-0.39, 0.29) is 0 Å². The van der Waals surface area contributed by atoms with E-state index < -0.39 is 0 Å². The predicted octanol–water partition coefficient (Wildman–Crippen LogP) is 13.3. The highest BCUT2D eigenvalue weighted by atomic mass is 32.1. The first-order valence-corrected chi connectivity index (χ1v) is 17.9. The third-order valence-electron chi connectivity index (χ3n) is 8.75. The monoisotopic (exact) mass is 592 g/mol. The molecule has 0 N–H and O–H groups in total. The molecule has 8 rings (SSSR count). The first-order valence-electron chi connectivity index (χ1n) is 14.6. The zero-order valence-corrected chi connectivity index (χ0v) is 26.8. The normalized spacial score (nSPS) is 12.6. The highest BCUT2D eigenvalue weighted by Crippen LogP contribution is 2.49. The van der Waals surface area contributed by atoms with Crippen molar-refractivity contribution in [3.8, 4) is 0 Å². The average molecular weight is 593 g/mol. The Kier molecular flexibility index (Phi) is 6.01. The molecular weight excluding hydrogens is 561 g/mol. The van der Waals surface area contributed by atoms with E-state index in [9.17, 15) is 0 Å². The lowest BCUT2D eigenvalue weighted by molar-refractivity contribution is 0.792. The van der Waals surface area contributed by atoms with Gasteiger partial charge in [0.1, 0.15) is 0 Å². The summed E-state index contributed by atoms with van der Waals surface area (Å²) in [7, 11) is 0. The van der Waals surface area contributed by atoms with Crippen molar-refractivity contribution in [2.45, 2.75) is 66.2 Å². The van der Waals surface area contributed by atoms with Crippen LogP contribution in [0.2, 0.25) is 0 Å². The average Bonchev–Trinajstić information content (AvgIpc) is 3.66. The fraction of sp³-hybridized carbons (Fsp3) is 0.278. The fourth-order valence-electron chi connectivity index (χ4n) is 6.42. The van der Waals surface area contributed by atoms with E-state index >= 15 is 0 Å². The molecule has 0 saturated heterocycles. The molecule has 200 valence electrons. The van der Waals surface area contributed by atoms with Gasteiger partial charge in [0.15, 0.2) is 0 Å². The Morgan fingerprint density at radius 2 is 0.800 bits per heavy atom. The third kappa shape index (κ3) is 3.80. The molecule has 8 aromatic rings. The summed E-state index contributed by atoms with van der Waals surface area (Å²) < 4.78 is 11.6. The number of unbranched alkanes of at least 4 members (excludes halogenated alkanes) is 2. The van der Waals surface area contributed by atoms with Crippen molar-refractivity contribution in [3.63, 3.8) is 0 Å². The quantitative estimate of drug-likeness (QED) is 0.180. The molecule has 0 radical (unpaired) electrons. The Morgan fingerprint density at radius 1 is 0.450 bits per heavy atom. The van der Waals surface area contributed by atoms with Crippen molar-refractivity contribution in [1.82, 2.24) is 0 Å². The van der Waals surface area contributed by atoms with Crippen LogP contribution in [-0.4, -0.2) is 0 Å². The summed E-state index contributed by atoms with van der Waals surface area (Å²) in [6.07, 6.45) is 7.40. The highest BCUT2D eigenvalue weighted by Gasteiger charge is 2.17. The molecule has 0 aliphatic rings. The molecular formula is C36H32S4. The summed E-state index contributed by atoms with van der Waals surface area (Å²) >= 11 is 7.95. The number of aryl methyl sites for hydroxylation is 4. The van der Waals surface area contributed by atoms with Gasteiger partial charge in [0.2, 0.25) is 0 Å². The van der Waals surface area contributed by atoms with E-state index in [1.807, 2.05) is 45.3 Å². The molecule has 0 saturated carbocycles. The fourth-order valence-corrected chi connectivity index (χ4v) is 11.9. The molecule has 0 aliphatic carbocycles. The predicted molar refractivity (Wildman–Crippen MR) is 187 cm³/mol. The first-order chi connectivity index (χ1) is 19.5. The molecule has 4 aromatic heterocycles. The van der Waals surface area contributed by atoms with Crippen molar-refractivity contribution >= 4 is 115 Å². The third-order valence-corrected chi connectivity index (χ3v) is 13.8. The molecule has 4 heteroatoms. The molecule has 4 heterocycles. The smallest absolute Gasteiger partial charge is 0.0542 e. The summed E-state index contributed by atoms with van der Waals surface area (Å²) in [6.45, 7) is 9.15. The lowest BCUT2D eigenvalue weighted by atomic mass is 10.0. The largest absolute Gasteiger partial charge is 0.134 e. The van der Waals surface area contributed by atoms with Crippen molar-refractivity contribution in [2.24, 2.45) is 0 Å². The number of fused-ring (bicyclic) bond motifs is 11. The molecule has 0 spiro atoms. The lowest BCUT2D eigenvalue weighted by Gasteiger charge is -2.05. The van der Waals surface area contributed by atoms with E-state index in [4.69, 9.17) is 0 Å². The molecule has 0 bridgehead atoms. The topological polar surface area (TPSA) is 0 Å². The summed E-state index contributed by atoms with van der Waals surface area (Å²) in [4.78, 5) is 0. The molecule has 0 nitrogen and oxygen atoms in total. The number of rotatable bonds is 6. The zero-order chi connectivity index (χ0) is 27.1. The van der Waals surface area contributed by atoms with Crippen LogP contribution in [0, 0.1) is 13.8 Å². The van der Waals surface area contributed by atoms with Crippen LogP contribution in [0.4, 0.5) is 0 Å². The number of hydrogen-bond acceptors (Lipinski definition) is 4. The van der Waals surface area contributed by atoms with Gasteiger partial charge >= 0.3 is 0 Å². The maximum Gasteiger partial charge on any atom is 0.0542 e. The van der Waals surface area contributed by atoms with Gasteiger partial charge in [-0.2, -0.15) is 0 Å². The van der Waals surface area contributed by atoms with E-state index in [0.717, 1.165) is 0 Å². The van der Waals surface area contributed by atoms with Gasteiger partial charge in [0.05, 0.1) is 18.8 Å². The van der Waals surface area contributed by atoms with Crippen molar-refractivity contribution < 1.29 is 0 Å². The molecule has 0 unspecified atom stereocenters. The van der Waals surface area contributed by atoms with E-state index in [0.29, 0.717) is 0 Å². The molecule has 40 heavy (non-hydrogen) atoms. The SMILES string of the molecule is CCCCc1cc2c(cc1C)sc1c3cc4cc5sc6c7cc(CCCC)c(C)cc7sc6c5cc4cc3sc21. The molecule has 0 fully saturated rings. The second kappa shape index (κ2) is 9.52. The van der Waals surface area contributed by atoms with Gasteiger partial charge in [-0.25, -0.2) is 0 Å². The summed E-state index contributed by atoms with van der Waals surface area (Å²) in [5.74, 6) is 0. The number of benzene rings is 4. The summed E-state index contributed by atoms with van der Waals surface area (Å²) in [6, 6.07) is 19.7. The van der Waals surface area contributed by atoms with E-state index in [1.165, 1.54) is 131 Å². The van der Waals surface area contributed by atoms with Gasteiger partial charge in [-0.05, 0) is 121 Å². The van der Waals surface area contributed by atoms with Crippen LogP contribution in [0.25, 0.3) is 69.9 Å². The van der Waals surface area contributed by atoms with Gasteiger partial charge in [-0.15, -0.1) is 45.3 Å². The number of thiophene rings is 4. The van der Waals surface area contributed by atoms with E-state index in [2.05, 4.69) is 76.2 Å². The van der Waals surface area contributed by atoms with Gasteiger partial charge in [0.25, 0.3) is 0 Å². The van der Waals surface area contributed by atoms with Crippen LogP contribution in [0.1, 0.15) is 61.8 Å². The van der Waals surface area contributed by atoms with Gasteiger partial charge in [-0.3, -0.25) is 0 Å². The summed E-state index contributed by atoms with van der Waals surface area (Å²) in [5.41, 5.74) is 5.95. The Morgan fingerprint density at radius 3 is 1.18 bits per heavy atom. The second-order valence-corrected chi connectivity index (χ2v) is 15.7. The van der Waals surface area contributed by atoms with Crippen LogP contribution in [0.3, 0.4) is 0 Å². The van der Waals surface area contributed by atoms with Crippen LogP contribution in [0.5, 0.6) is 0 Å². The van der Waals surface area contributed by atoms with Crippen LogP contribution in [0.15, 0.2) is 48.5 Å². The minimum atomic E-state index is 1.19. The molecule has 0 aliphatic heterocycles. The van der Waals surface area contributed by atoms with Crippen LogP contribution >= 0.6 is 45.3 Å². The van der Waals surface area contributed by atoms with E-state index in [1.54, 1.807) is 0 Å². The number of hydrogen-bond donors (Lipinski definition) is 0. The minimum absolute atomic E-state index is 1.19. The molecule has 4 aromatic carbocycles. The maximum absolute atomic E-state index is 2.50. The second-order valence-electron chi connectivity index (χ2n) is 11.5. The van der Waals surface area contributed by atoms with Crippen molar-refractivity contribution in [2.75, 3.05) is 0 Å². The van der Waals surface area contributed by atoms with Crippen LogP contribution in [-0.2, 0) is 12.8 Å². The Labute approximate surface area is 250 Å². The highest BCUT2D eigenvalue weighted by molar-refractivity contribution is 7.37. The first kappa shape index (κ1) is 25.2. The standard InChI is InChI=1S/C36H32S4/c1-5-7-9-21-13-25-29(11-19(21)3)37-35-27-15-23-18-32-28(16-24(23)17-31(27)39-33(25)35)36-34(40-32)26-14-22(10-8-6-2)20(4)12-30(26)38-36/h11-18H,5-10H2,1-4H3. The van der Waals surface area contributed by atoms with Crippen molar-refractivity contribution in [1.29, 1.82) is 0 Å². The maximum atomic E-state index is 2.50. The molecule has 0 amide bonds. The molecule has 0 atom stereocenters. The lowest BCUT2D eigenvalue weighted by Crippen LogP contribution is -1.88. The van der Waals surface area contributed by atoms with Gasteiger partial charge < -0.3 is 0 Å². The van der Waals surface area contributed by atoms with Gasteiger partial charge in [-0.1, -0.05) is 26.7 Å². The Balaban J connectivity index is 1.31. The summed E-state index contributed by atoms with van der Waals surface area (Å²) in [5, 5.41) is 8.53. The Bertz CT molecular complexity index is 2100. The van der Waals surface area contributed by atoms with Crippen LogP contribution < -0.4 is 0 Å².